The number of nitro benzene ring substituents is 1. The number of rotatable bonds is 4. The lowest BCUT2D eigenvalue weighted by Gasteiger charge is -2.26. The molecule has 1 N–H and O–H groups in total. The summed E-state index contributed by atoms with van der Waals surface area (Å²) in [6.07, 6.45) is 1.91. The highest BCUT2D eigenvalue weighted by Gasteiger charge is 2.30. The summed E-state index contributed by atoms with van der Waals surface area (Å²) >= 11 is 2.99. The van der Waals surface area contributed by atoms with E-state index in [0.29, 0.717) is 12.2 Å². The Morgan fingerprint density at radius 2 is 2.37 bits per heavy atom. The fourth-order valence-corrected chi connectivity index (χ4v) is 2.83. The predicted octanol–water partition coefficient (Wildman–Crippen LogP) is 2.68. The van der Waals surface area contributed by atoms with E-state index < -0.39 is 10.7 Å². The lowest BCUT2D eigenvalue weighted by atomic mass is 10.2. The van der Waals surface area contributed by atoms with Gasteiger partial charge >= 0.3 is 0 Å². The molecule has 0 aromatic heterocycles. The van der Waals surface area contributed by atoms with Crippen molar-refractivity contribution in [3.05, 3.63) is 32.5 Å². The molecule has 19 heavy (non-hydrogen) atoms. The Morgan fingerprint density at radius 1 is 1.63 bits per heavy atom. The highest BCUT2D eigenvalue weighted by atomic mass is 79.9. The number of benzene rings is 1. The van der Waals surface area contributed by atoms with E-state index in [-0.39, 0.29) is 16.2 Å². The topological polar surface area (TPSA) is 58.4 Å². The summed E-state index contributed by atoms with van der Waals surface area (Å²) in [5.74, 6) is -0.476. The minimum atomic E-state index is -0.476. The third-order valence-corrected chi connectivity index (χ3v) is 3.95. The molecule has 1 atom stereocenters. The summed E-state index contributed by atoms with van der Waals surface area (Å²) in [4.78, 5) is 12.6. The maximum Gasteiger partial charge on any atom is 0.293 e. The van der Waals surface area contributed by atoms with E-state index in [9.17, 15) is 14.5 Å². The van der Waals surface area contributed by atoms with Gasteiger partial charge in [-0.25, -0.2) is 4.39 Å². The van der Waals surface area contributed by atoms with Gasteiger partial charge in [-0.2, -0.15) is 0 Å². The average molecular weight is 332 g/mol. The van der Waals surface area contributed by atoms with Gasteiger partial charge in [0.15, 0.2) is 0 Å². The van der Waals surface area contributed by atoms with Crippen molar-refractivity contribution in [1.82, 2.24) is 5.32 Å². The summed E-state index contributed by atoms with van der Waals surface area (Å²) in [5, 5.41) is 14.2. The van der Waals surface area contributed by atoms with Crippen LogP contribution in [0.15, 0.2) is 16.6 Å². The van der Waals surface area contributed by atoms with Gasteiger partial charge in [0, 0.05) is 31.3 Å². The van der Waals surface area contributed by atoms with Gasteiger partial charge in [-0.3, -0.25) is 10.1 Å². The Bertz CT molecular complexity index is 498. The quantitative estimate of drug-likeness (QED) is 0.680. The zero-order valence-electron chi connectivity index (χ0n) is 10.5. The average Bonchev–Trinajstić information content (AvgIpc) is 2.80. The van der Waals surface area contributed by atoms with Gasteiger partial charge in [0.1, 0.15) is 11.5 Å². The van der Waals surface area contributed by atoms with E-state index in [1.165, 1.54) is 12.1 Å². The molecule has 1 fully saturated rings. The summed E-state index contributed by atoms with van der Waals surface area (Å²) < 4.78 is 13.8. The van der Waals surface area contributed by atoms with Crippen LogP contribution in [-0.4, -0.2) is 31.1 Å². The van der Waals surface area contributed by atoms with Crippen LogP contribution >= 0.6 is 15.9 Å². The van der Waals surface area contributed by atoms with Crippen molar-refractivity contribution in [2.75, 3.05) is 25.0 Å². The highest BCUT2D eigenvalue weighted by Crippen LogP contribution is 2.36. The number of hydrogen-bond donors (Lipinski definition) is 1. The van der Waals surface area contributed by atoms with Gasteiger partial charge < -0.3 is 10.2 Å². The number of likely N-dealkylation sites (N-methyl/N-ethyl adjacent to an activating group) is 1. The van der Waals surface area contributed by atoms with Gasteiger partial charge in [-0.1, -0.05) is 0 Å². The van der Waals surface area contributed by atoms with E-state index in [1.54, 1.807) is 0 Å². The van der Waals surface area contributed by atoms with Crippen LogP contribution < -0.4 is 10.2 Å². The third kappa shape index (κ3) is 2.87. The second kappa shape index (κ2) is 5.83. The van der Waals surface area contributed by atoms with Crippen LogP contribution in [0.5, 0.6) is 0 Å². The van der Waals surface area contributed by atoms with Crippen molar-refractivity contribution in [2.24, 2.45) is 0 Å². The Balaban J connectivity index is 2.42. The van der Waals surface area contributed by atoms with E-state index in [0.717, 1.165) is 19.4 Å². The minimum absolute atomic E-state index is 0.0590. The molecule has 104 valence electrons. The van der Waals surface area contributed by atoms with Gasteiger partial charge in [-0.05, 0) is 35.8 Å². The van der Waals surface area contributed by atoms with Crippen LogP contribution in [0.3, 0.4) is 0 Å². The number of hydrogen-bond acceptors (Lipinski definition) is 4. The molecule has 0 aliphatic carbocycles. The van der Waals surface area contributed by atoms with Crippen molar-refractivity contribution >= 4 is 27.3 Å². The molecule has 1 aliphatic heterocycles. The first-order valence-electron chi connectivity index (χ1n) is 6.09. The molecule has 1 aromatic rings. The zero-order chi connectivity index (χ0) is 14.0. The summed E-state index contributed by atoms with van der Waals surface area (Å²) in [6, 6.07) is 2.65. The molecule has 0 saturated carbocycles. The first-order chi connectivity index (χ1) is 9.04. The van der Waals surface area contributed by atoms with Crippen LogP contribution in [0, 0.1) is 15.9 Å². The van der Waals surface area contributed by atoms with Crippen molar-refractivity contribution in [2.45, 2.75) is 18.9 Å². The Kier molecular flexibility index (Phi) is 4.36. The largest absolute Gasteiger partial charge is 0.362 e. The van der Waals surface area contributed by atoms with E-state index in [1.807, 2.05) is 11.9 Å². The second-order valence-corrected chi connectivity index (χ2v) is 5.41. The summed E-state index contributed by atoms with van der Waals surface area (Å²) in [7, 11) is 1.84. The summed E-state index contributed by atoms with van der Waals surface area (Å²) in [5.41, 5.74) is 0.305. The zero-order valence-corrected chi connectivity index (χ0v) is 12.1. The Morgan fingerprint density at radius 3 is 3.00 bits per heavy atom. The maximum absolute atomic E-state index is 13.7. The molecule has 1 unspecified atom stereocenters. The van der Waals surface area contributed by atoms with Crippen LogP contribution in [0.1, 0.15) is 12.8 Å². The highest BCUT2D eigenvalue weighted by molar-refractivity contribution is 9.10. The SMILES string of the molecule is CNCC1CCCN1c1cc(F)c(Br)cc1[N+](=O)[O-]. The van der Waals surface area contributed by atoms with E-state index in [4.69, 9.17) is 0 Å². The summed E-state index contributed by atoms with van der Waals surface area (Å²) in [6.45, 7) is 1.45. The molecule has 0 spiro atoms. The van der Waals surface area contributed by atoms with Gasteiger partial charge in [-0.15, -0.1) is 0 Å². The molecule has 1 aromatic carbocycles. The van der Waals surface area contributed by atoms with Crippen molar-refractivity contribution < 1.29 is 9.31 Å². The first-order valence-corrected chi connectivity index (χ1v) is 6.88. The second-order valence-electron chi connectivity index (χ2n) is 4.56. The number of nitro groups is 1. The molecular weight excluding hydrogens is 317 g/mol. The smallest absolute Gasteiger partial charge is 0.293 e. The monoisotopic (exact) mass is 331 g/mol. The normalized spacial score (nSPS) is 18.9. The van der Waals surface area contributed by atoms with Crippen LogP contribution in [-0.2, 0) is 0 Å². The van der Waals surface area contributed by atoms with Crippen LogP contribution in [0.25, 0.3) is 0 Å². The molecule has 0 bridgehead atoms. The molecule has 1 aliphatic rings. The molecule has 1 saturated heterocycles. The fraction of sp³-hybridized carbons (Fsp3) is 0.500. The minimum Gasteiger partial charge on any atom is -0.362 e. The Hall–Kier alpha value is -1.21. The first kappa shape index (κ1) is 14.2. The van der Waals surface area contributed by atoms with Gasteiger partial charge in [0.2, 0.25) is 0 Å². The maximum atomic E-state index is 13.7. The van der Waals surface area contributed by atoms with Crippen molar-refractivity contribution in [1.29, 1.82) is 0 Å². The lowest BCUT2D eigenvalue weighted by Crippen LogP contribution is -2.37. The Labute approximate surface area is 119 Å². The molecule has 2 rings (SSSR count). The lowest BCUT2D eigenvalue weighted by molar-refractivity contribution is -0.384. The molecule has 5 nitrogen and oxygen atoms in total. The third-order valence-electron chi connectivity index (χ3n) is 3.34. The van der Waals surface area contributed by atoms with Crippen LogP contribution in [0.4, 0.5) is 15.8 Å². The van der Waals surface area contributed by atoms with Crippen molar-refractivity contribution in [3.63, 3.8) is 0 Å². The van der Waals surface area contributed by atoms with Crippen molar-refractivity contribution in [3.8, 4) is 0 Å². The number of halogens is 2. The number of nitrogens with one attached hydrogen (secondary N) is 1. The van der Waals surface area contributed by atoms with Crippen LogP contribution in [0.2, 0.25) is 0 Å². The van der Waals surface area contributed by atoms with Gasteiger partial charge in [0.05, 0.1) is 9.40 Å². The van der Waals surface area contributed by atoms with Gasteiger partial charge in [0.25, 0.3) is 5.69 Å². The molecule has 0 radical (unpaired) electrons. The molecule has 0 amide bonds. The fourth-order valence-electron chi connectivity index (χ4n) is 2.50. The molecule has 7 heteroatoms. The molecule has 1 heterocycles. The number of anilines is 1. The number of nitrogens with zero attached hydrogens (tertiary/aromatic N) is 2. The standard InChI is InChI=1S/C12H15BrFN3O2/c1-15-7-8-3-2-4-16(8)11-6-10(14)9(13)5-12(11)17(18)19/h5-6,8,15H,2-4,7H2,1H3. The van der Waals surface area contributed by atoms with E-state index >= 15 is 0 Å². The predicted molar refractivity (Wildman–Crippen MR) is 75.0 cm³/mol. The molecular formula is C12H15BrFN3O2. The van der Waals surface area contributed by atoms with E-state index in [2.05, 4.69) is 21.2 Å².